The fourth-order valence-corrected chi connectivity index (χ4v) is 5.39. The lowest BCUT2D eigenvalue weighted by atomic mass is 10.1. The van der Waals surface area contributed by atoms with E-state index in [1.807, 2.05) is 30.3 Å². The highest BCUT2D eigenvalue weighted by Crippen LogP contribution is 2.36. The van der Waals surface area contributed by atoms with Crippen molar-refractivity contribution in [2.45, 2.75) is 4.90 Å². The highest BCUT2D eigenvalue weighted by Gasteiger charge is 2.39. The molecule has 132 valence electrons. The van der Waals surface area contributed by atoms with Crippen molar-refractivity contribution in [3.8, 4) is 11.5 Å². The predicted octanol–water partition coefficient (Wildman–Crippen LogP) is 3.96. The highest BCUT2D eigenvalue weighted by atomic mass is 32.2. The number of sulfone groups is 1. The molecule has 0 amide bonds. The Bertz CT molecular complexity index is 1320. The van der Waals surface area contributed by atoms with Crippen molar-refractivity contribution >= 4 is 43.6 Å². The van der Waals surface area contributed by atoms with Crippen LogP contribution in [0.5, 0.6) is 0 Å². The summed E-state index contributed by atoms with van der Waals surface area (Å²) in [7, 11) is -3.84. The smallest absolute Gasteiger partial charge is 0.259 e. The van der Waals surface area contributed by atoms with Crippen LogP contribution in [0, 0.1) is 0 Å². The molecule has 0 aliphatic carbocycles. The summed E-state index contributed by atoms with van der Waals surface area (Å²) in [5.74, 6) is -0.0733. The van der Waals surface area contributed by atoms with Crippen LogP contribution in [0.15, 0.2) is 68.8 Å². The van der Waals surface area contributed by atoms with Crippen molar-refractivity contribution < 1.29 is 17.6 Å². The monoisotopic (exact) mass is 394 g/mol. The summed E-state index contributed by atoms with van der Waals surface area (Å²) in [4.78, 5) is 21.5. The number of ketones is 1. The second-order valence-corrected chi connectivity index (χ2v) is 8.78. The molecular formula is C19H10N2O4S2. The SMILES string of the molecule is O=C1/C(=C\c2nc3oc(-c4ccccc4)nc3s2)S(=O)(=O)c2ccccc21. The molecule has 4 aromatic rings. The van der Waals surface area contributed by atoms with E-state index in [9.17, 15) is 13.2 Å². The van der Waals surface area contributed by atoms with Crippen molar-refractivity contribution in [1.82, 2.24) is 9.97 Å². The van der Waals surface area contributed by atoms with E-state index in [-0.39, 0.29) is 15.4 Å². The second kappa shape index (κ2) is 5.70. The van der Waals surface area contributed by atoms with Gasteiger partial charge in [-0.15, -0.1) is 0 Å². The number of fused-ring (bicyclic) bond motifs is 2. The number of nitrogens with zero attached hydrogens (tertiary/aromatic N) is 2. The van der Waals surface area contributed by atoms with E-state index in [0.29, 0.717) is 21.4 Å². The lowest BCUT2D eigenvalue weighted by Crippen LogP contribution is -2.01. The Labute approximate surface area is 157 Å². The minimum Gasteiger partial charge on any atom is -0.417 e. The highest BCUT2D eigenvalue weighted by molar-refractivity contribution is 7.97. The molecule has 3 heterocycles. The van der Waals surface area contributed by atoms with Gasteiger partial charge >= 0.3 is 0 Å². The van der Waals surface area contributed by atoms with Crippen molar-refractivity contribution in [2.24, 2.45) is 0 Å². The van der Waals surface area contributed by atoms with Gasteiger partial charge in [0, 0.05) is 11.1 Å². The molecule has 0 N–H and O–H groups in total. The Morgan fingerprint density at radius 2 is 1.70 bits per heavy atom. The van der Waals surface area contributed by atoms with Gasteiger partial charge in [0.1, 0.15) is 9.91 Å². The minimum atomic E-state index is -3.84. The topological polar surface area (TPSA) is 90.1 Å². The number of allylic oxidation sites excluding steroid dienone is 1. The fraction of sp³-hybridized carbons (Fsp3) is 0. The van der Waals surface area contributed by atoms with E-state index in [1.165, 1.54) is 29.5 Å². The van der Waals surface area contributed by atoms with E-state index in [4.69, 9.17) is 4.42 Å². The van der Waals surface area contributed by atoms with Gasteiger partial charge in [0.05, 0.1) is 4.90 Å². The molecule has 0 saturated heterocycles. The maximum atomic E-state index is 12.6. The van der Waals surface area contributed by atoms with E-state index in [2.05, 4.69) is 9.97 Å². The van der Waals surface area contributed by atoms with E-state index in [0.717, 1.165) is 5.56 Å². The van der Waals surface area contributed by atoms with Crippen LogP contribution >= 0.6 is 11.3 Å². The molecule has 27 heavy (non-hydrogen) atoms. The fourth-order valence-electron chi connectivity index (χ4n) is 2.94. The summed E-state index contributed by atoms with van der Waals surface area (Å²) < 4.78 is 30.9. The maximum Gasteiger partial charge on any atom is 0.259 e. The molecule has 1 aliphatic heterocycles. The van der Waals surface area contributed by atoms with E-state index < -0.39 is 15.6 Å². The molecule has 0 unspecified atom stereocenters. The molecule has 6 nitrogen and oxygen atoms in total. The lowest BCUT2D eigenvalue weighted by molar-refractivity contribution is 0.104. The zero-order valence-electron chi connectivity index (χ0n) is 13.6. The molecule has 0 atom stereocenters. The first-order chi connectivity index (χ1) is 13.0. The number of rotatable bonds is 2. The number of hydrogen-bond acceptors (Lipinski definition) is 7. The van der Waals surface area contributed by atoms with Crippen LogP contribution in [0.2, 0.25) is 0 Å². The van der Waals surface area contributed by atoms with Gasteiger partial charge in [0.25, 0.3) is 5.71 Å². The van der Waals surface area contributed by atoms with Gasteiger partial charge in [-0.25, -0.2) is 8.42 Å². The zero-order valence-corrected chi connectivity index (χ0v) is 15.3. The van der Waals surface area contributed by atoms with Crippen molar-refractivity contribution in [3.05, 3.63) is 70.1 Å². The Kier molecular flexibility index (Phi) is 3.40. The van der Waals surface area contributed by atoms with Gasteiger partial charge in [-0.2, -0.15) is 9.97 Å². The van der Waals surface area contributed by atoms with Gasteiger partial charge in [0.15, 0.2) is 4.83 Å². The predicted molar refractivity (Wildman–Crippen MR) is 101 cm³/mol. The Morgan fingerprint density at radius 3 is 2.44 bits per heavy atom. The molecule has 0 bridgehead atoms. The van der Waals surface area contributed by atoms with Crippen LogP contribution in [-0.4, -0.2) is 24.2 Å². The molecule has 0 saturated carbocycles. The number of Topliss-reactive ketones (excluding diaryl/α,β-unsaturated/α-hetero) is 1. The summed E-state index contributed by atoms with van der Waals surface area (Å²) in [5, 5.41) is 0.357. The zero-order chi connectivity index (χ0) is 18.6. The first kappa shape index (κ1) is 16.1. The van der Waals surface area contributed by atoms with E-state index in [1.54, 1.807) is 12.1 Å². The van der Waals surface area contributed by atoms with Crippen LogP contribution in [0.3, 0.4) is 0 Å². The molecule has 0 radical (unpaired) electrons. The molecule has 0 spiro atoms. The number of carbonyl (C=O) groups excluding carboxylic acids is 1. The van der Waals surface area contributed by atoms with Crippen LogP contribution in [0.1, 0.15) is 15.4 Å². The molecule has 2 aromatic carbocycles. The first-order valence-electron chi connectivity index (χ1n) is 7.97. The van der Waals surface area contributed by atoms with Gasteiger partial charge in [0.2, 0.25) is 21.5 Å². The summed E-state index contributed by atoms with van der Waals surface area (Å²) in [5.41, 5.74) is 1.33. The number of hydrogen-bond donors (Lipinski definition) is 0. The minimum absolute atomic E-state index is 0.0333. The normalized spacial score (nSPS) is 16.9. The average molecular weight is 394 g/mol. The third-order valence-corrected chi connectivity index (χ3v) is 6.90. The Balaban J connectivity index is 1.57. The Morgan fingerprint density at radius 1 is 0.963 bits per heavy atom. The summed E-state index contributed by atoms with van der Waals surface area (Å²) >= 11 is 1.17. The number of aromatic nitrogens is 2. The van der Waals surface area contributed by atoms with Crippen molar-refractivity contribution in [1.29, 1.82) is 0 Å². The second-order valence-electron chi connectivity index (χ2n) is 5.88. The molecule has 0 fully saturated rings. The number of benzene rings is 2. The number of oxazole rings is 1. The summed E-state index contributed by atoms with van der Waals surface area (Å²) in [6.07, 6.45) is 1.29. The largest absolute Gasteiger partial charge is 0.417 e. The maximum absolute atomic E-state index is 12.6. The number of carbonyl (C=O) groups is 1. The molecule has 8 heteroatoms. The first-order valence-corrected chi connectivity index (χ1v) is 10.3. The summed E-state index contributed by atoms with van der Waals surface area (Å²) in [6.45, 7) is 0. The van der Waals surface area contributed by atoms with Gasteiger partial charge in [-0.1, -0.05) is 41.7 Å². The van der Waals surface area contributed by atoms with Gasteiger partial charge in [-0.3, -0.25) is 4.79 Å². The van der Waals surface area contributed by atoms with Crippen LogP contribution in [0.4, 0.5) is 0 Å². The van der Waals surface area contributed by atoms with Crippen molar-refractivity contribution in [2.75, 3.05) is 0 Å². The van der Waals surface area contributed by atoms with Gasteiger partial charge < -0.3 is 4.42 Å². The standard InChI is InChI=1S/C19H10N2O4S2/c22-16-12-8-4-5-9-13(12)27(23,24)14(16)10-15-20-18-19(26-15)21-17(25-18)11-6-2-1-3-7-11/h1-10H/b14-10+. The van der Waals surface area contributed by atoms with Crippen LogP contribution < -0.4 is 0 Å². The van der Waals surface area contributed by atoms with Crippen LogP contribution in [-0.2, 0) is 9.84 Å². The number of thiazole rings is 1. The summed E-state index contributed by atoms with van der Waals surface area (Å²) in [6, 6.07) is 15.6. The van der Waals surface area contributed by atoms with Crippen molar-refractivity contribution in [3.63, 3.8) is 0 Å². The Hall–Kier alpha value is -3.10. The van der Waals surface area contributed by atoms with Gasteiger partial charge in [-0.05, 0) is 30.3 Å². The quantitative estimate of drug-likeness (QED) is 0.478. The lowest BCUT2D eigenvalue weighted by Gasteiger charge is -1.95. The molecular weight excluding hydrogens is 384 g/mol. The molecule has 1 aliphatic rings. The van der Waals surface area contributed by atoms with E-state index >= 15 is 0 Å². The van der Waals surface area contributed by atoms with Crippen LogP contribution in [0.25, 0.3) is 28.1 Å². The third-order valence-electron chi connectivity index (χ3n) is 4.20. The molecule has 2 aromatic heterocycles. The molecule has 5 rings (SSSR count). The third kappa shape index (κ3) is 2.45. The average Bonchev–Trinajstić information content (AvgIpc) is 3.29.